The number of alkyl halides is 3. The van der Waals surface area contributed by atoms with Crippen molar-refractivity contribution in [3.8, 4) is 11.8 Å². The van der Waals surface area contributed by atoms with Crippen LogP contribution in [-0.4, -0.2) is 19.1 Å². The maximum Gasteiger partial charge on any atom is 0.457 e. The Morgan fingerprint density at radius 3 is 2.43 bits per heavy atom. The second kappa shape index (κ2) is 3.91. The van der Waals surface area contributed by atoms with Gasteiger partial charge in [-0.15, -0.1) is 0 Å². The summed E-state index contributed by atoms with van der Waals surface area (Å²) >= 11 is 0. The topological polar surface area (TPSA) is 29.1 Å². The highest BCUT2D eigenvalue weighted by atomic mass is 19.4. The van der Waals surface area contributed by atoms with E-state index in [1.807, 2.05) is 0 Å². The van der Waals surface area contributed by atoms with Crippen LogP contribution < -0.4 is 5.32 Å². The molecule has 1 aliphatic rings. The van der Waals surface area contributed by atoms with Gasteiger partial charge in [-0.3, -0.25) is 4.79 Å². The summed E-state index contributed by atoms with van der Waals surface area (Å²) in [5.74, 6) is 2.78. The molecular weight excluding hydrogens is 195 g/mol. The molecule has 0 radical (unpaired) electrons. The minimum Gasteiger partial charge on any atom is -0.359 e. The van der Waals surface area contributed by atoms with Gasteiger partial charge in [0, 0.05) is 24.8 Å². The van der Waals surface area contributed by atoms with Crippen molar-refractivity contribution in [2.24, 2.45) is 11.8 Å². The molecule has 2 nitrogen and oxygen atoms in total. The van der Waals surface area contributed by atoms with Gasteiger partial charge in [-0.05, 0) is 12.8 Å². The smallest absolute Gasteiger partial charge is 0.359 e. The Morgan fingerprint density at radius 2 is 2.00 bits per heavy atom. The molecular formula is C9H10F3NO. The van der Waals surface area contributed by atoms with Crippen LogP contribution >= 0.6 is 0 Å². The number of nitrogens with one attached hydrogen (secondary N) is 1. The summed E-state index contributed by atoms with van der Waals surface area (Å²) in [5, 5.41) is 2.45. The predicted octanol–water partition coefficient (Wildman–Crippen LogP) is 1.32. The van der Waals surface area contributed by atoms with Crippen LogP contribution in [0.2, 0.25) is 0 Å². The van der Waals surface area contributed by atoms with Crippen molar-refractivity contribution in [3.63, 3.8) is 0 Å². The zero-order valence-corrected chi connectivity index (χ0v) is 7.61. The van der Waals surface area contributed by atoms with E-state index < -0.39 is 6.18 Å². The second-order valence-electron chi connectivity index (χ2n) is 3.25. The summed E-state index contributed by atoms with van der Waals surface area (Å²) in [5.41, 5.74) is 0. The van der Waals surface area contributed by atoms with E-state index in [4.69, 9.17) is 0 Å². The summed E-state index contributed by atoms with van der Waals surface area (Å²) in [6, 6.07) is 0. The van der Waals surface area contributed by atoms with Crippen molar-refractivity contribution in [2.75, 3.05) is 7.05 Å². The van der Waals surface area contributed by atoms with Crippen LogP contribution in [0.3, 0.4) is 0 Å². The van der Waals surface area contributed by atoms with E-state index in [-0.39, 0.29) is 17.7 Å². The van der Waals surface area contributed by atoms with Crippen LogP contribution in [0.4, 0.5) is 13.2 Å². The molecule has 0 atom stereocenters. The van der Waals surface area contributed by atoms with Crippen LogP contribution in [0.25, 0.3) is 0 Å². The zero-order valence-electron chi connectivity index (χ0n) is 7.61. The summed E-state index contributed by atoms with van der Waals surface area (Å²) < 4.78 is 34.9. The van der Waals surface area contributed by atoms with E-state index >= 15 is 0 Å². The quantitative estimate of drug-likeness (QED) is 0.643. The van der Waals surface area contributed by atoms with Crippen molar-refractivity contribution >= 4 is 5.91 Å². The minimum atomic E-state index is -4.42. The molecule has 0 bridgehead atoms. The Morgan fingerprint density at radius 1 is 1.43 bits per heavy atom. The Hall–Kier alpha value is -1.18. The van der Waals surface area contributed by atoms with Gasteiger partial charge in [-0.1, -0.05) is 5.92 Å². The van der Waals surface area contributed by atoms with Gasteiger partial charge in [0.2, 0.25) is 5.91 Å². The van der Waals surface area contributed by atoms with Crippen LogP contribution in [0.1, 0.15) is 12.8 Å². The van der Waals surface area contributed by atoms with Crippen LogP contribution in [0.5, 0.6) is 0 Å². The van der Waals surface area contributed by atoms with E-state index in [1.54, 1.807) is 0 Å². The van der Waals surface area contributed by atoms with Crippen molar-refractivity contribution in [1.29, 1.82) is 0 Å². The molecule has 1 N–H and O–H groups in total. The Balaban J connectivity index is 2.34. The lowest BCUT2D eigenvalue weighted by Crippen LogP contribution is -2.36. The third kappa shape index (κ3) is 2.95. The fourth-order valence-electron chi connectivity index (χ4n) is 1.34. The molecule has 0 unspecified atom stereocenters. The van der Waals surface area contributed by atoms with Gasteiger partial charge in [-0.25, -0.2) is 0 Å². The highest BCUT2D eigenvalue weighted by Crippen LogP contribution is 2.33. The molecule has 0 saturated heterocycles. The number of carbonyl (C=O) groups excluding carboxylic acids is 1. The molecule has 1 amide bonds. The fourth-order valence-corrected chi connectivity index (χ4v) is 1.34. The average molecular weight is 205 g/mol. The van der Waals surface area contributed by atoms with E-state index in [0.717, 1.165) is 0 Å². The molecule has 0 aromatic carbocycles. The molecule has 1 fully saturated rings. The lowest BCUT2D eigenvalue weighted by Gasteiger charge is -2.29. The van der Waals surface area contributed by atoms with Gasteiger partial charge >= 0.3 is 6.18 Å². The zero-order chi connectivity index (χ0) is 10.8. The molecule has 0 spiro atoms. The van der Waals surface area contributed by atoms with Crippen LogP contribution in [0, 0.1) is 23.7 Å². The molecule has 0 heterocycles. The molecule has 1 saturated carbocycles. The van der Waals surface area contributed by atoms with Gasteiger partial charge in [0.05, 0.1) is 0 Å². The second-order valence-corrected chi connectivity index (χ2v) is 3.25. The molecule has 5 heteroatoms. The largest absolute Gasteiger partial charge is 0.457 e. The third-order valence-electron chi connectivity index (χ3n) is 2.17. The van der Waals surface area contributed by atoms with Crippen molar-refractivity contribution in [3.05, 3.63) is 0 Å². The SMILES string of the molecule is CNC(=O)C1CC(C#CC(F)(F)F)C1. The van der Waals surface area contributed by atoms with Crippen molar-refractivity contribution < 1.29 is 18.0 Å². The first-order valence-corrected chi connectivity index (χ1v) is 4.23. The predicted molar refractivity (Wildman–Crippen MR) is 44.1 cm³/mol. The van der Waals surface area contributed by atoms with Gasteiger partial charge in [-0.2, -0.15) is 13.2 Å². The maximum absolute atomic E-state index is 11.6. The van der Waals surface area contributed by atoms with Gasteiger partial charge in [0.25, 0.3) is 0 Å². The summed E-state index contributed by atoms with van der Waals surface area (Å²) in [6.07, 6.45) is -3.55. The van der Waals surface area contributed by atoms with Gasteiger partial charge < -0.3 is 5.32 Å². The van der Waals surface area contributed by atoms with Gasteiger partial charge in [0.15, 0.2) is 0 Å². The normalized spacial score (nSPS) is 25.7. The molecule has 0 aromatic rings. The molecule has 1 aliphatic carbocycles. The summed E-state index contributed by atoms with van der Waals surface area (Å²) in [4.78, 5) is 11.0. The lowest BCUT2D eigenvalue weighted by molar-refractivity contribution is -0.127. The van der Waals surface area contributed by atoms with E-state index in [9.17, 15) is 18.0 Å². The molecule has 14 heavy (non-hydrogen) atoms. The first-order chi connectivity index (χ1) is 6.42. The number of hydrogen-bond acceptors (Lipinski definition) is 1. The highest BCUT2D eigenvalue weighted by molar-refractivity contribution is 5.79. The first kappa shape index (κ1) is 10.9. The number of amides is 1. The van der Waals surface area contributed by atoms with E-state index in [1.165, 1.54) is 13.0 Å². The van der Waals surface area contributed by atoms with Crippen molar-refractivity contribution in [2.45, 2.75) is 19.0 Å². The molecule has 78 valence electrons. The van der Waals surface area contributed by atoms with E-state index in [2.05, 4.69) is 11.2 Å². The van der Waals surface area contributed by atoms with E-state index in [0.29, 0.717) is 12.8 Å². The standard InChI is InChI=1S/C9H10F3NO/c1-13-8(14)7-4-6(5-7)2-3-9(10,11)12/h6-7H,4-5H2,1H3,(H,13,14). The summed E-state index contributed by atoms with van der Waals surface area (Å²) in [6.45, 7) is 0. The number of halogens is 3. The molecule has 0 aliphatic heterocycles. The number of hydrogen-bond donors (Lipinski definition) is 1. The Bertz CT molecular complexity index is 281. The lowest BCUT2D eigenvalue weighted by atomic mass is 9.75. The summed E-state index contributed by atoms with van der Waals surface area (Å²) in [7, 11) is 1.51. The van der Waals surface area contributed by atoms with Gasteiger partial charge in [0.1, 0.15) is 0 Å². The Labute approximate surface area is 79.9 Å². The maximum atomic E-state index is 11.6. The van der Waals surface area contributed by atoms with Crippen LogP contribution in [-0.2, 0) is 4.79 Å². The minimum absolute atomic E-state index is 0.116. The first-order valence-electron chi connectivity index (χ1n) is 4.23. The van der Waals surface area contributed by atoms with Crippen LogP contribution in [0.15, 0.2) is 0 Å². The average Bonchev–Trinajstić information content (AvgIpc) is 1.98. The number of carbonyl (C=O) groups is 1. The fraction of sp³-hybridized carbons (Fsp3) is 0.667. The molecule has 1 rings (SSSR count). The third-order valence-corrected chi connectivity index (χ3v) is 2.17. The monoisotopic (exact) mass is 205 g/mol. The highest BCUT2D eigenvalue weighted by Gasteiger charge is 2.33. The molecule has 0 aromatic heterocycles. The number of rotatable bonds is 1. The Kier molecular flexibility index (Phi) is 3.04. The van der Waals surface area contributed by atoms with Crippen molar-refractivity contribution in [1.82, 2.24) is 5.32 Å².